The smallest absolute Gasteiger partial charge is 0.127 e. The van der Waals surface area contributed by atoms with E-state index in [4.69, 9.17) is 4.74 Å². The highest BCUT2D eigenvalue weighted by atomic mass is 16.5. The van der Waals surface area contributed by atoms with E-state index in [1.165, 1.54) is 11.1 Å². The van der Waals surface area contributed by atoms with Gasteiger partial charge in [0.05, 0.1) is 6.61 Å². The Morgan fingerprint density at radius 3 is 2.92 bits per heavy atom. The molecule has 0 N–H and O–H groups in total. The minimum Gasteiger partial charge on any atom is -0.493 e. The first kappa shape index (κ1) is 8.11. The quantitative estimate of drug-likeness (QED) is 0.680. The minimum absolute atomic E-state index is 0.731. The molecular weight excluding hydrogens is 160 g/mol. The topological polar surface area (TPSA) is 9.23 Å². The molecule has 0 bridgehead atoms. The van der Waals surface area contributed by atoms with Crippen LogP contribution >= 0.6 is 0 Å². The van der Waals surface area contributed by atoms with Gasteiger partial charge in [0.15, 0.2) is 0 Å². The van der Waals surface area contributed by atoms with Crippen LogP contribution in [0.4, 0.5) is 0 Å². The Kier molecular flexibility index (Phi) is 1.93. The highest BCUT2D eigenvalue weighted by molar-refractivity contribution is 5.92. The second-order valence-corrected chi connectivity index (χ2v) is 2.99. The van der Waals surface area contributed by atoms with E-state index in [0.717, 1.165) is 17.9 Å². The minimum atomic E-state index is 0.731. The Morgan fingerprint density at radius 2 is 2.31 bits per heavy atom. The summed E-state index contributed by atoms with van der Waals surface area (Å²) >= 11 is 0. The fourth-order valence-corrected chi connectivity index (χ4v) is 1.47. The predicted octanol–water partition coefficient (Wildman–Crippen LogP) is 3.18. The lowest BCUT2D eigenvalue weighted by atomic mass is 9.93. The maximum atomic E-state index is 5.41. The zero-order valence-corrected chi connectivity index (χ0v) is 7.71. The lowest BCUT2D eigenvalue weighted by Gasteiger charge is -2.20. The third kappa shape index (κ3) is 1.26. The number of fused-ring (bicyclic) bond motifs is 1. The van der Waals surface area contributed by atoms with Crippen molar-refractivity contribution >= 4 is 17.9 Å². The van der Waals surface area contributed by atoms with Crippen LogP contribution in [-0.2, 0) is 4.74 Å². The van der Waals surface area contributed by atoms with Crippen LogP contribution < -0.4 is 0 Å². The van der Waals surface area contributed by atoms with Crippen molar-refractivity contribution in [2.45, 2.75) is 6.92 Å². The Balaban J connectivity index is 2.27. The second-order valence-electron chi connectivity index (χ2n) is 2.99. The SMILES string of the molecule is C=Cc1ccc2c(c1)C=C2OCC. The summed E-state index contributed by atoms with van der Waals surface area (Å²) in [5.74, 6) is 1.01. The second kappa shape index (κ2) is 3.09. The molecule has 1 nitrogen and oxygen atoms in total. The van der Waals surface area contributed by atoms with Gasteiger partial charge in [0.25, 0.3) is 0 Å². The average molecular weight is 172 g/mol. The highest BCUT2D eigenvalue weighted by Gasteiger charge is 2.16. The van der Waals surface area contributed by atoms with Gasteiger partial charge < -0.3 is 4.74 Å². The molecule has 2 rings (SSSR count). The van der Waals surface area contributed by atoms with Crippen molar-refractivity contribution in [1.82, 2.24) is 0 Å². The van der Waals surface area contributed by atoms with Gasteiger partial charge in [-0.25, -0.2) is 0 Å². The summed E-state index contributed by atoms with van der Waals surface area (Å²) in [6, 6.07) is 6.25. The van der Waals surface area contributed by atoms with Crippen LogP contribution in [0.15, 0.2) is 24.8 Å². The van der Waals surface area contributed by atoms with Gasteiger partial charge in [0.1, 0.15) is 5.76 Å². The zero-order chi connectivity index (χ0) is 9.26. The molecule has 0 fully saturated rings. The fraction of sp³-hybridized carbons (Fsp3) is 0.167. The van der Waals surface area contributed by atoms with Gasteiger partial charge >= 0.3 is 0 Å². The molecule has 0 radical (unpaired) electrons. The van der Waals surface area contributed by atoms with Crippen LogP contribution in [0.25, 0.3) is 17.9 Å². The van der Waals surface area contributed by atoms with Crippen molar-refractivity contribution in [1.29, 1.82) is 0 Å². The van der Waals surface area contributed by atoms with Crippen LogP contribution in [0.1, 0.15) is 23.6 Å². The van der Waals surface area contributed by atoms with Gasteiger partial charge in [-0.15, -0.1) is 0 Å². The summed E-state index contributed by atoms with van der Waals surface area (Å²) in [6.45, 7) is 6.46. The summed E-state index contributed by atoms with van der Waals surface area (Å²) in [4.78, 5) is 0. The molecule has 1 aromatic rings. The molecular formula is C12H12O. The van der Waals surface area contributed by atoms with Crippen LogP contribution in [0, 0.1) is 0 Å². The molecule has 0 amide bonds. The molecule has 0 heterocycles. The summed E-state index contributed by atoms with van der Waals surface area (Å²) in [5, 5.41) is 0. The summed E-state index contributed by atoms with van der Waals surface area (Å²) in [7, 11) is 0. The summed E-state index contributed by atoms with van der Waals surface area (Å²) < 4.78 is 5.41. The first-order valence-electron chi connectivity index (χ1n) is 4.46. The Bertz CT molecular complexity index is 375. The van der Waals surface area contributed by atoms with E-state index in [-0.39, 0.29) is 0 Å². The maximum Gasteiger partial charge on any atom is 0.127 e. The van der Waals surface area contributed by atoms with Crippen molar-refractivity contribution < 1.29 is 4.74 Å². The number of benzene rings is 1. The van der Waals surface area contributed by atoms with E-state index in [9.17, 15) is 0 Å². The molecule has 13 heavy (non-hydrogen) atoms. The number of hydrogen-bond donors (Lipinski definition) is 0. The van der Waals surface area contributed by atoms with E-state index in [1.54, 1.807) is 0 Å². The van der Waals surface area contributed by atoms with E-state index in [2.05, 4.69) is 30.9 Å². The molecule has 0 aliphatic heterocycles. The molecule has 1 aliphatic carbocycles. The van der Waals surface area contributed by atoms with Crippen molar-refractivity contribution in [3.8, 4) is 0 Å². The fourth-order valence-electron chi connectivity index (χ4n) is 1.47. The molecule has 0 spiro atoms. The lowest BCUT2D eigenvalue weighted by molar-refractivity contribution is 0.298. The molecule has 0 unspecified atom stereocenters. The molecule has 0 saturated heterocycles. The monoisotopic (exact) mass is 172 g/mol. The Morgan fingerprint density at radius 1 is 1.46 bits per heavy atom. The van der Waals surface area contributed by atoms with Crippen molar-refractivity contribution in [3.63, 3.8) is 0 Å². The predicted molar refractivity (Wildman–Crippen MR) is 56.0 cm³/mol. The van der Waals surface area contributed by atoms with Crippen molar-refractivity contribution in [2.24, 2.45) is 0 Å². The summed E-state index contributed by atoms with van der Waals surface area (Å²) in [6.07, 6.45) is 3.92. The Labute approximate surface area is 78.3 Å². The average Bonchev–Trinajstić information content (AvgIpc) is 2.14. The van der Waals surface area contributed by atoms with E-state index >= 15 is 0 Å². The number of hydrogen-bond acceptors (Lipinski definition) is 1. The van der Waals surface area contributed by atoms with Crippen LogP contribution in [-0.4, -0.2) is 6.61 Å². The normalized spacial score (nSPS) is 12.5. The zero-order valence-electron chi connectivity index (χ0n) is 7.71. The molecule has 0 saturated carbocycles. The molecule has 1 heteroatoms. The van der Waals surface area contributed by atoms with Gasteiger partial charge in [-0.2, -0.15) is 0 Å². The molecule has 1 aromatic carbocycles. The highest BCUT2D eigenvalue weighted by Crippen LogP contribution is 2.33. The molecule has 1 aliphatic rings. The maximum absolute atomic E-state index is 5.41. The van der Waals surface area contributed by atoms with Crippen LogP contribution in [0.2, 0.25) is 0 Å². The molecule has 0 atom stereocenters. The van der Waals surface area contributed by atoms with Crippen LogP contribution in [0.5, 0.6) is 0 Å². The largest absolute Gasteiger partial charge is 0.493 e. The number of ether oxygens (including phenoxy) is 1. The lowest BCUT2D eigenvalue weighted by Crippen LogP contribution is -2.02. The molecule has 0 aromatic heterocycles. The van der Waals surface area contributed by atoms with Gasteiger partial charge in [-0.1, -0.05) is 24.8 Å². The molecule has 66 valence electrons. The van der Waals surface area contributed by atoms with E-state index in [1.807, 2.05) is 13.0 Å². The third-order valence-corrected chi connectivity index (χ3v) is 2.16. The summed E-state index contributed by atoms with van der Waals surface area (Å²) in [5.41, 5.74) is 3.62. The van der Waals surface area contributed by atoms with Crippen molar-refractivity contribution in [3.05, 3.63) is 41.5 Å². The van der Waals surface area contributed by atoms with Gasteiger partial charge in [0, 0.05) is 5.56 Å². The standard InChI is InChI=1S/C12H12O/c1-3-9-5-6-11-10(7-9)8-12(11)13-4-2/h3,5-8H,1,4H2,2H3. The number of rotatable bonds is 3. The third-order valence-electron chi connectivity index (χ3n) is 2.16. The van der Waals surface area contributed by atoms with Gasteiger partial charge in [-0.3, -0.25) is 0 Å². The first-order chi connectivity index (χ1) is 6.35. The van der Waals surface area contributed by atoms with Gasteiger partial charge in [-0.05, 0) is 30.2 Å². The van der Waals surface area contributed by atoms with Crippen LogP contribution in [0.3, 0.4) is 0 Å². The van der Waals surface area contributed by atoms with Gasteiger partial charge in [0.2, 0.25) is 0 Å². The Hall–Kier alpha value is -1.50. The van der Waals surface area contributed by atoms with E-state index < -0.39 is 0 Å². The first-order valence-corrected chi connectivity index (χ1v) is 4.46. The van der Waals surface area contributed by atoms with E-state index in [0.29, 0.717) is 0 Å². The van der Waals surface area contributed by atoms with Crippen molar-refractivity contribution in [2.75, 3.05) is 6.61 Å².